The Morgan fingerprint density at radius 1 is 1.67 bits per heavy atom. The second-order valence-corrected chi connectivity index (χ2v) is 2.57. The van der Waals surface area contributed by atoms with E-state index < -0.39 is 5.97 Å². The molecule has 1 atom stereocenters. The van der Waals surface area contributed by atoms with Crippen molar-refractivity contribution >= 4 is 5.97 Å². The van der Waals surface area contributed by atoms with Crippen molar-refractivity contribution in [1.82, 2.24) is 4.98 Å². The molecular formula is C8H10N2O2. The number of carboxylic acids is 1. The van der Waals surface area contributed by atoms with Crippen LogP contribution in [0.4, 0.5) is 0 Å². The highest BCUT2D eigenvalue weighted by Gasteiger charge is 2.04. The smallest absolute Gasteiger partial charge is 0.354 e. The zero-order valence-corrected chi connectivity index (χ0v) is 6.69. The van der Waals surface area contributed by atoms with Crippen molar-refractivity contribution in [2.45, 2.75) is 13.0 Å². The van der Waals surface area contributed by atoms with Gasteiger partial charge in [0.2, 0.25) is 0 Å². The first kappa shape index (κ1) is 8.67. The van der Waals surface area contributed by atoms with E-state index in [0.29, 0.717) is 0 Å². The molecule has 4 nitrogen and oxygen atoms in total. The number of aromatic carboxylic acids is 1. The lowest BCUT2D eigenvalue weighted by Gasteiger charge is -2.03. The zero-order valence-electron chi connectivity index (χ0n) is 6.69. The standard InChI is InChI=1S/C8H10N2O2/c1-5(9)6-2-3-7(8(11)12)10-4-6/h2-5H,9H2,1H3,(H,11,12)/t5-/m1/s1. The molecule has 4 heteroatoms. The molecule has 0 aliphatic rings. The fraction of sp³-hybridized carbons (Fsp3) is 0.250. The second kappa shape index (κ2) is 3.32. The normalized spacial score (nSPS) is 12.5. The molecule has 0 spiro atoms. The maximum absolute atomic E-state index is 10.4. The van der Waals surface area contributed by atoms with Crippen LogP contribution in [-0.2, 0) is 0 Å². The molecule has 1 rings (SSSR count). The molecule has 0 aliphatic carbocycles. The van der Waals surface area contributed by atoms with Crippen LogP contribution in [0.5, 0.6) is 0 Å². The number of nitrogens with two attached hydrogens (primary N) is 1. The molecule has 0 bridgehead atoms. The third-order valence-electron chi connectivity index (χ3n) is 1.53. The number of pyridine rings is 1. The number of hydrogen-bond donors (Lipinski definition) is 2. The third kappa shape index (κ3) is 1.79. The monoisotopic (exact) mass is 166 g/mol. The predicted octanol–water partition coefficient (Wildman–Crippen LogP) is 0.800. The molecule has 0 fully saturated rings. The van der Waals surface area contributed by atoms with Gasteiger partial charge >= 0.3 is 5.97 Å². The van der Waals surface area contributed by atoms with Crippen LogP contribution < -0.4 is 5.73 Å². The molecule has 0 unspecified atom stereocenters. The summed E-state index contributed by atoms with van der Waals surface area (Å²) in [5.41, 5.74) is 6.43. The van der Waals surface area contributed by atoms with Crippen LogP contribution in [0.25, 0.3) is 0 Å². The Bertz CT molecular complexity index is 280. The van der Waals surface area contributed by atoms with Crippen molar-refractivity contribution in [2.24, 2.45) is 5.73 Å². The molecule has 0 radical (unpaired) electrons. The summed E-state index contributed by atoms with van der Waals surface area (Å²) in [5, 5.41) is 8.52. The Morgan fingerprint density at radius 3 is 2.67 bits per heavy atom. The first-order valence-corrected chi connectivity index (χ1v) is 3.56. The van der Waals surface area contributed by atoms with Crippen LogP contribution in [0.1, 0.15) is 29.0 Å². The molecule has 0 amide bonds. The number of carbonyl (C=O) groups is 1. The van der Waals surface area contributed by atoms with Crippen LogP contribution in [-0.4, -0.2) is 16.1 Å². The molecular weight excluding hydrogens is 156 g/mol. The van der Waals surface area contributed by atoms with Crippen molar-refractivity contribution < 1.29 is 9.90 Å². The minimum atomic E-state index is -1.02. The largest absolute Gasteiger partial charge is 0.477 e. The van der Waals surface area contributed by atoms with E-state index in [4.69, 9.17) is 10.8 Å². The lowest BCUT2D eigenvalue weighted by molar-refractivity contribution is 0.0690. The highest BCUT2D eigenvalue weighted by Crippen LogP contribution is 2.07. The van der Waals surface area contributed by atoms with E-state index in [1.54, 1.807) is 6.07 Å². The maximum atomic E-state index is 10.4. The van der Waals surface area contributed by atoms with Crippen LogP contribution in [0.2, 0.25) is 0 Å². The van der Waals surface area contributed by atoms with Gasteiger partial charge in [-0.1, -0.05) is 6.07 Å². The van der Waals surface area contributed by atoms with E-state index in [1.807, 2.05) is 6.92 Å². The van der Waals surface area contributed by atoms with Gasteiger partial charge in [-0.25, -0.2) is 9.78 Å². The lowest BCUT2D eigenvalue weighted by atomic mass is 10.1. The number of rotatable bonds is 2. The zero-order chi connectivity index (χ0) is 9.14. The summed E-state index contributed by atoms with van der Waals surface area (Å²) in [4.78, 5) is 14.1. The first-order chi connectivity index (χ1) is 5.61. The Kier molecular flexibility index (Phi) is 2.40. The van der Waals surface area contributed by atoms with E-state index in [0.717, 1.165) is 5.56 Å². The molecule has 1 aromatic rings. The predicted molar refractivity (Wildman–Crippen MR) is 43.8 cm³/mol. The molecule has 1 aromatic heterocycles. The van der Waals surface area contributed by atoms with Crippen molar-refractivity contribution in [1.29, 1.82) is 0 Å². The summed E-state index contributed by atoms with van der Waals surface area (Å²) in [6, 6.07) is 3.00. The van der Waals surface area contributed by atoms with E-state index in [-0.39, 0.29) is 11.7 Å². The Labute approximate surface area is 70.0 Å². The van der Waals surface area contributed by atoms with Gasteiger partial charge in [-0.3, -0.25) is 0 Å². The van der Waals surface area contributed by atoms with Crippen LogP contribution in [0.3, 0.4) is 0 Å². The lowest BCUT2D eigenvalue weighted by Crippen LogP contribution is -2.07. The highest BCUT2D eigenvalue weighted by atomic mass is 16.4. The Balaban J connectivity index is 2.93. The van der Waals surface area contributed by atoms with Gasteiger partial charge in [-0.15, -0.1) is 0 Å². The fourth-order valence-electron chi connectivity index (χ4n) is 0.801. The van der Waals surface area contributed by atoms with Gasteiger partial charge in [0.05, 0.1) is 0 Å². The average Bonchev–Trinajstić information content (AvgIpc) is 2.04. The van der Waals surface area contributed by atoms with Gasteiger partial charge in [0, 0.05) is 12.2 Å². The first-order valence-electron chi connectivity index (χ1n) is 3.56. The summed E-state index contributed by atoms with van der Waals surface area (Å²) in [7, 11) is 0. The van der Waals surface area contributed by atoms with Gasteiger partial charge in [-0.05, 0) is 18.6 Å². The minimum absolute atomic E-state index is 0.0411. The highest BCUT2D eigenvalue weighted by molar-refractivity contribution is 5.85. The second-order valence-electron chi connectivity index (χ2n) is 2.57. The van der Waals surface area contributed by atoms with E-state index in [2.05, 4.69) is 4.98 Å². The molecule has 12 heavy (non-hydrogen) atoms. The molecule has 0 saturated carbocycles. The SMILES string of the molecule is C[C@@H](N)c1ccc(C(=O)O)nc1. The van der Waals surface area contributed by atoms with Crippen molar-refractivity contribution in [3.05, 3.63) is 29.6 Å². The summed E-state index contributed by atoms with van der Waals surface area (Å²) in [6.07, 6.45) is 1.48. The molecule has 3 N–H and O–H groups in total. The van der Waals surface area contributed by atoms with E-state index in [1.165, 1.54) is 12.3 Å². The van der Waals surface area contributed by atoms with Crippen LogP contribution in [0.15, 0.2) is 18.3 Å². The topological polar surface area (TPSA) is 76.2 Å². The summed E-state index contributed by atoms with van der Waals surface area (Å²) >= 11 is 0. The van der Waals surface area contributed by atoms with Crippen LogP contribution >= 0.6 is 0 Å². The maximum Gasteiger partial charge on any atom is 0.354 e. The quantitative estimate of drug-likeness (QED) is 0.681. The van der Waals surface area contributed by atoms with E-state index in [9.17, 15) is 4.79 Å². The number of carboxylic acid groups (broad SMARTS) is 1. The van der Waals surface area contributed by atoms with Gasteiger partial charge in [0.1, 0.15) is 5.69 Å². The van der Waals surface area contributed by atoms with Crippen molar-refractivity contribution in [3.8, 4) is 0 Å². The Hall–Kier alpha value is -1.42. The van der Waals surface area contributed by atoms with Gasteiger partial charge in [0.25, 0.3) is 0 Å². The minimum Gasteiger partial charge on any atom is -0.477 e. The molecule has 1 heterocycles. The van der Waals surface area contributed by atoms with Gasteiger partial charge in [-0.2, -0.15) is 0 Å². The fourth-order valence-corrected chi connectivity index (χ4v) is 0.801. The number of nitrogens with zero attached hydrogens (tertiary/aromatic N) is 1. The summed E-state index contributed by atoms with van der Waals surface area (Å²) in [6.45, 7) is 1.82. The number of aromatic nitrogens is 1. The van der Waals surface area contributed by atoms with Crippen molar-refractivity contribution in [3.63, 3.8) is 0 Å². The van der Waals surface area contributed by atoms with Gasteiger partial charge < -0.3 is 10.8 Å². The van der Waals surface area contributed by atoms with Gasteiger partial charge in [0.15, 0.2) is 0 Å². The third-order valence-corrected chi connectivity index (χ3v) is 1.53. The molecule has 0 aromatic carbocycles. The molecule has 0 saturated heterocycles. The Morgan fingerprint density at radius 2 is 2.33 bits per heavy atom. The number of hydrogen-bond acceptors (Lipinski definition) is 3. The summed E-state index contributed by atoms with van der Waals surface area (Å²) in [5.74, 6) is -1.02. The van der Waals surface area contributed by atoms with Crippen molar-refractivity contribution in [2.75, 3.05) is 0 Å². The molecule has 0 aliphatic heterocycles. The van der Waals surface area contributed by atoms with E-state index >= 15 is 0 Å². The average molecular weight is 166 g/mol. The van der Waals surface area contributed by atoms with Crippen LogP contribution in [0, 0.1) is 0 Å². The summed E-state index contributed by atoms with van der Waals surface area (Å²) < 4.78 is 0. The molecule has 64 valence electrons.